The summed E-state index contributed by atoms with van der Waals surface area (Å²) in [5.41, 5.74) is 0.863. The number of hydrogen-bond donors (Lipinski definition) is 3. The van der Waals surface area contributed by atoms with Crippen LogP contribution in [0.15, 0.2) is 53.4 Å². The van der Waals surface area contributed by atoms with Gasteiger partial charge in [0.25, 0.3) is 0 Å². The van der Waals surface area contributed by atoms with Gasteiger partial charge in [0.05, 0.1) is 23.6 Å². The second-order valence-electron chi connectivity index (χ2n) is 11.4. The van der Waals surface area contributed by atoms with Gasteiger partial charge in [0.1, 0.15) is 6.04 Å². The molecule has 2 aromatic rings. The summed E-state index contributed by atoms with van der Waals surface area (Å²) in [6.07, 6.45) is 1.13. The Labute approximate surface area is 248 Å². The van der Waals surface area contributed by atoms with E-state index in [9.17, 15) is 23.1 Å². The van der Waals surface area contributed by atoms with E-state index in [0.29, 0.717) is 11.5 Å². The van der Waals surface area contributed by atoms with E-state index in [1.165, 1.54) is 16.4 Å². The van der Waals surface area contributed by atoms with Gasteiger partial charge < -0.3 is 25.2 Å². The highest BCUT2D eigenvalue weighted by atomic mass is 32.2. The summed E-state index contributed by atoms with van der Waals surface area (Å²) in [4.78, 5) is 27.8. The molecule has 11 nitrogen and oxygen atoms in total. The SMILES string of the molecule is CC(C)CN(CC(O)C(Cc1ccccc1)NC(=O)C(C)NC(=O)CN1CCCC1)S(=O)(=O)c1ccc2c(c1)OCO2. The lowest BCUT2D eigenvalue weighted by atomic mass is 10.0. The van der Waals surface area contributed by atoms with Gasteiger partial charge in [0, 0.05) is 19.2 Å². The molecule has 0 aromatic heterocycles. The smallest absolute Gasteiger partial charge is 0.243 e. The minimum absolute atomic E-state index is 0.0191. The number of carbonyl (C=O) groups excluding carboxylic acids is 2. The first kappa shape index (κ1) is 31.7. The Bertz CT molecular complexity index is 1320. The summed E-state index contributed by atoms with van der Waals surface area (Å²) >= 11 is 0. The molecule has 2 aliphatic rings. The summed E-state index contributed by atoms with van der Waals surface area (Å²) < 4.78 is 39.5. The number of aliphatic hydroxyl groups excluding tert-OH is 1. The fraction of sp³-hybridized carbons (Fsp3) is 0.533. The summed E-state index contributed by atoms with van der Waals surface area (Å²) in [6.45, 7) is 7.27. The van der Waals surface area contributed by atoms with Gasteiger partial charge in [-0.05, 0) is 62.9 Å². The van der Waals surface area contributed by atoms with Gasteiger partial charge in [-0.15, -0.1) is 0 Å². The number of nitrogens with zero attached hydrogens (tertiary/aromatic N) is 2. The molecule has 0 aliphatic carbocycles. The molecular formula is C30H42N4O7S. The van der Waals surface area contributed by atoms with Gasteiger partial charge >= 0.3 is 0 Å². The molecular weight excluding hydrogens is 560 g/mol. The highest BCUT2D eigenvalue weighted by Crippen LogP contribution is 2.35. The van der Waals surface area contributed by atoms with Crippen LogP contribution < -0.4 is 20.1 Å². The van der Waals surface area contributed by atoms with Crippen LogP contribution in [0.25, 0.3) is 0 Å². The minimum atomic E-state index is -4.03. The molecule has 2 amide bonds. The number of hydrogen-bond acceptors (Lipinski definition) is 8. The highest BCUT2D eigenvalue weighted by Gasteiger charge is 2.33. The van der Waals surface area contributed by atoms with Gasteiger partial charge in [-0.25, -0.2) is 8.42 Å². The number of benzene rings is 2. The molecule has 230 valence electrons. The Balaban J connectivity index is 1.49. The monoisotopic (exact) mass is 602 g/mol. The fourth-order valence-corrected chi connectivity index (χ4v) is 6.79. The molecule has 0 bridgehead atoms. The maximum Gasteiger partial charge on any atom is 0.243 e. The van der Waals surface area contributed by atoms with Crippen molar-refractivity contribution in [2.24, 2.45) is 5.92 Å². The Morgan fingerprint density at radius 1 is 0.976 bits per heavy atom. The molecule has 0 saturated carbocycles. The van der Waals surface area contributed by atoms with Crippen LogP contribution in [0.1, 0.15) is 39.2 Å². The Morgan fingerprint density at radius 3 is 2.36 bits per heavy atom. The summed E-state index contributed by atoms with van der Waals surface area (Å²) in [7, 11) is -4.03. The standard InChI is InChI=1S/C30H42N4O7S/c1-21(2)17-34(42(38,39)24-11-12-27-28(16-24)41-20-40-27)18-26(35)25(15-23-9-5-4-6-10-23)32-30(37)22(3)31-29(36)19-33-13-7-8-14-33/h4-6,9-12,16,21-22,25-26,35H,7-8,13-15,17-20H2,1-3H3,(H,31,36)(H,32,37). The number of sulfonamides is 1. The number of nitrogens with one attached hydrogen (secondary N) is 2. The van der Waals surface area contributed by atoms with E-state index in [4.69, 9.17) is 9.47 Å². The van der Waals surface area contributed by atoms with Gasteiger partial charge in [-0.3, -0.25) is 14.5 Å². The van der Waals surface area contributed by atoms with Crippen molar-refractivity contribution in [3.05, 3.63) is 54.1 Å². The maximum absolute atomic E-state index is 13.8. The molecule has 0 spiro atoms. The molecule has 3 atom stereocenters. The third-order valence-electron chi connectivity index (χ3n) is 7.37. The third kappa shape index (κ3) is 8.43. The number of ether oxygens (including phenoxy) is 2. The third-order valence-corrected chi connectivity index (χ3v) is 9.20. The Morgan fingerprint density at radius 2 is 1.67 bits per heavy atom. The van der Waals surface area contributed by atoms with Crippen LogP contribution in [0.5, 0.6) is 11.5 Å². The van der Waals surface area contributed by atoms with Crippen molar-refractivity contribution in [3.8, 4) is 11.5 Å². The number of amides is 2. The molecule has 4 rings (SSSR count). The second-order valence-corrected chi connectivity index (χ2v) is 13.3. The number of likely N-dealkylation sites (tertiary alicyclic amines) is 1. The van der Waals surface area contributed by atoms with Crippen molar-refractivity contribution in [2.75, 3.05) is 39.5 Å². The van der Waals surface area contributed by atoms with E-state index < -0.39 is 34.1 Å². The normalized spacial score (nSPS) is 17.3. The van der Waals surface area contributed by atoms with Crippen LogP contribution in [-0.4, -0.2) is 92.2 Å². The Hall–Kier alpha value is -3.19. The van der Waals surface area contributed by atoms with E-state index in [0.717, 1.165) is 31.5 Å². The maximum atomic E-state index is 13.8. The highest BCUT2D eigenvalue weighted by molar-refractivity contribution is 7.89. The zero-order valence-electron chi connectivity index (χ0n) is 24.5. The molecule has 1 fully saturated rings. The van der Waals surface area contributed by atoms with Crippen molar-refractivity contribution in [1.82, 2.24) is 19.8 Å². The Kier molecular flexibility index (Phi) is 10.8. The van der Waals surface area contributed by atoms with Crippen LogP contribution in [0, 0.1) is 5.92 Å². The van der Waals surface area contributed by atoms with Crippen molar-refractivity contribution < 1.29 is 32.6 Å². The summed E-state index contributed by atoms with van der Waals surface area (Å²) in [5, 5.41) is 17.1. The average Bonchev–Trinajstić information content (AvgIpc) is 3.64. The van der Waals surface area contributed by atoms with Crippen LogP contribution in [0.3, 0.4) is 0 Å². The zero-order valence-corrected chi connectivity index (χ0v) is 25.3. The lowest BCUT2D eigenvalue weighted by Crippen LogP contribution is -2.55. The molecule has 2 aliphatic heterocycles. The second kappa shape index (κ2) is 14.3. The first-order valence-corrected chi connectivity index (χ1v) is 15.9. The van der Waals surface area contributed by atoms with Crippen LogP contribution in [-0.2, 0) is 26.0 Å². The number of rotatable bonds is 14. The first-order valence-electron chi connectivity index (χ1n) is 14.5. The molecule has 3 unspecified atom stereocenters. The van der Waals surface area contributed by atoms with Gasteiger partial charge in [-0.1, -0.05) is 44.2 Å². The summed E-state index contributed by atoms with van der Waals surface area (Å²) in [6, 6.07) is 12.1. The number of aliphatic hydroxyl groups is 1. The summed E-state index contributed by atoms with van der Waals surface area (Å²) in [5.74, 6) is 0.0817. The molecule has 1 saturated heterocycles. The lowest BCUT2D eigenvalue weighted by Gasteiger charge is -2.31. The molecule has 2 heterocycles. The molecule has 2 aromatic carbocycles. The van der Waals surface area contributed by atoms with E-state index in [2.05, 4.69) is 10.6 Å². The van der Waals surface area contributed by atoms with Crippen molar-refractivity contribution in [2.45, 2.75) is 63.1 Å². The van der Waals surface area contributed by atoms with Crippen molar-refractivity contribution in [3.63, 3.8) is 0 Å². The van der Waals surface area contributed by atoms with E-state index in [-0.39, 0.29) is 49.6 Å². The number of carbonyl (C=O) groups is 2. The minimum Gasteiger partial charge on any atom is -0.454 e. The van der Waals surface area contributed by atoms with Gasteiger partial charge in [-0.2, -0.15) is 4.31 Å². The van der Waals surface area contributed by atoms with Crippen LogP contribution in [0.2, 0.25) is 0 Å². The van der Waals surface area contributed by atoms with Crippen LogP contribution >= 0.6 is 0 Å². The predicted molar refractivity (Wildman–Crippen MR) is 158 cm³/mol. The quantitative estimate of drug-likeness (QED) is 0.298. The van der Waals surface area contributed by atoms with E-state index >= 15 is 0 Å². The molecule has 12 heteroatoms. The molecule has 0 radical (unpaired) electrons. The largest absolute Gasteiger partial charge is 0.454 e. The first-order chi connectivity index (χ1) is 20.0. The van der Waals surface area contributed by atoms with Gasteiger partial charge in [0.2, 0.25) is 28.6 Å². The molecule has 3 N–H and O–H groups in total. The lowest BCUT2D eigenvalue weighted by molar-refractivity contribution is -0.129. The topological polar surface area (TPSA) is 138 Å². The number of fused-ring (bicyclic) bond motifs is 1. The van der Waals surface area contributed by atoms with Crippen LogP contribution in [0.4, 0.5) is 0 Å². The fourth-order valence-electron chi connectivity index (χ4n) is 5.16. The average molecular weight is 603 g/mol. The van der Waals surface area contributed by atoms with E-state index in [1.54, 1.807) is 13.0 Å². The van der Waals surface area contributed by atoms with Gasteiger partial charge in [0.15, 0.2) is 11.5 Å². The van der Waals surface area contributed by atoms with Crippen molar-refractivity contribution in [1.29, 1.82) is 0 Å². The predicted octanol–water partition coefficient (Wildman–Crippen LogP) is 1.75. The zero-order chi connectivity index (χ0) is 30.3. The molecule has 42 heavy (non-hydrogen) atoms. The van der Waals surface area contributed by atoms with E-state index in [1.807, 2.05) is 49.1 Å². The van der Waals surface area contributed by atoms with Crippen molar-refractivity contribution >= 4 is 21.8 Å².